The van der Waals surface area contributed by atoms with Gasteiger partial charge in [-0.2, -0.15) is 0 Å². The van der Waals surface area contributed by atoms with Crippen LogP contribution >= 0.6 is 0 Å². The van der Waals surface area contributed by atoms with E-state index in [-0.39, 0.29) is 19.4 Å². The molecule has 1 fully saturated rings. The highest BCUT2D eigenvalue weighted by atomic mass is 16.6. The van der Waals surface area contributed by atoms with E-state index < -0.39 is 85.0 Å². The lowest BCUT2D eigenvalue weighted by atomic mass is 9.94. The number of nitrogens with zero attached hydrogens (tertiary/aromatic N) is 1. The van der Waals surface area contributed by atoms with Gasteiger partial charge in [0.15, 0.2) is 12.3 Å². The highest BCUT2D eigenvalue weighted by Crippen LogP contribution is 2.27. The van der Waals surface area contributed by atoms with Gasteiger partial charge in [-0.1, -0.05) is 13.3 Å². The number of aliphatic carboxylic acids is 1. The first-order valence-corrected chi connectivity index (χ1v) is 12.4. The molecule has 0 saturated carbocycles. The van der Waals surface area contributed by atoms with Crippen molar-refractivity contribution >= 4 is 29.7 Å². The van der Waals surface area contributed by atoms with Crippen LogP contribution in [0.4, 0.5) is 0 Å². The van der Waals surface area contributed by atoms with Crippen LogP contribution in [-0.4, -0.2) is 112 Å². The van der Waals surface area contributed by atoms with E-state index in [0.717, 1.165) is 18.2 Å². The number of esters is 1. The summed E-state index contributed by atoms with van der Waals surface area (Å²) in [6.45, 7) is 4.95. The highest BCUT2D eigenvalue weighted by Gasteiger charge is 2.49. The van der Waals surface area contributed by atoms with Crippen molar-refractivity contribution < 1.29 is 53.5 Å². The van der Waals surface area contributed by atoms with Crippen molar-refractivity contribution in [2.45, 2.75) is 102 Å². The first kappa shape index (κ1) is 33.2. The van der Waals surface area contributed by atoms with E-state index >= 15 is 0 Å². The number of primary amides is 1. The summed E-state index contributed by atoms with van der Waals surface area (Å²) in [5, 5.41) is 31.9. The minimum Gasteiger partial charge on any atom is -0.479 e. The maximum Gasteiger partial charge on any atom is 0.332 e. The Bertz CT molecular complexity index is 842. The van der Waals surface area contributed by atoms with Crippen LogP contribution in [-0.2, 0) is 38.2 Å². The van der Waals surface area contributed by atoms with E-state index in [2.05, 4.69) is 5.32 Å². The Kier molecular flexibility index (Phi) is 13.6. The Morgan fingerprint density at radius 2 is 1.82 bits per heavy atom. The molecule has 218 valence electrons. The third-order valence-electron chi connectivity index (χ3n) is 6.09. The summed E-state index contributed by atoms with van der Waals surface area (Å²) in [6.07, 6.45) is -6.07. The normalized spacial score (nSPS) is 25.5. The molecule has 0 aliphatic carbocycles. The number of carboxylic acid groups (broad SMARTS) is 1. The lowest BCUT2D eigenvalue weighted by Gasteiger charge is -2.48. The van der Waals surface area contributed by atoms with E-state index in [0.29, 0.717) is 6.42 Å². The number of aliphatic hydroxyl groups is 2. The third kappa shape index (κ3) is 9.16. The molecule has 1 aliphatic heterocycles. The smallest absolute Gasteiger partial charge is 0.332 e. The number of carbonyl (C=O) groups is 5. The fourth-order valence-corrected chi connectivity index (χ4v) is 3.86. The van der Waals surface area contributed by atoms with Gasteiger partial charge in [0.25, 0.3) is 0 Å². The van der Waals surface area contributed by atoms with Crippen LogP contribution < -0.4 is 16.8 Å². The molecule has 8 atom stereocenters. The summed E-state index contributed by atoms with van der Waals surface area (Å²) in [5.41, 5.74) is 11.4. The fraction of sp³-hybridized carbons (Fsp3) is 0.783. The van der Waals surface area contributed by atoms with Gasteiger partial charge in [0, 0.05) is 13.3 Å². The van der Waals surface area contributed by atoms with Crippen molar-refractivity contribution in [2.24, 2.45) is 11.5 Å². The number of rotatable bonds is 15. The van der Waals surface area contributed by atoms with Crippen molar-refractivity contribution in [1.82, 2.24) is 10.2 Å². The summed E-state index contributed by atoms with van der Waals surface area (Å²) in [7, 11) is 0. The van der Waals surface area contributed by atoms with Crippen molar-refractivity contribution in [1.29, 1.82) is 0 Å². The zero-order chi connectivity index (χ0) is 29.2. The van der Waals surface area contributed by atoms with Crippen LogP contribution in [0.25, 0.3) is 0 Å². The number of hydrogen-bond donors (Lipinski definition) is 6. The first-order chi connectivity index (χ1) is 17.8. The number of unbranched alkanes of at least 4 members (excludes halogenated alkanes) is 1. The minimum absolute atomic E-state index is 0.110. The average Bonchev–Trinajstić information content (AvgIpc) is 2.84. The number of amides is 3. The molecule has 0 bridgehead atoms. The monoisotopic (exact) mass is 548 g/mol. The molecule has 0 aromatic heterocycles. The van der Waals surface area contributed by atoms with Crippen LogP contribution in [0.15, 0.2) is 0 Å². The maximum atomic E-state index is 13.2. The van der Waals surface area contributed by atoms with Gasteiger partial charge in [0.2, 0.25) is 17.7 Å². The molecule has 0 spiro atoms. The Hall–Kier alpha value is -2.85. The van der Waals surface area contributed by atoms with Crippen molar-refractivity contribution in [3.63, 3.8) is 0 Å². The summed E-state index contributed by atoms with van der Waals surface area (Å²) in [6, 6.07) is -3.88. The second kappa shape index (κ2) is 15.5. The highest BCUT2D eigenvalue weighted by molar-refractivity contribution is 5.90. The van der Waals surface area contributed by atoms with Crippen LogP contribution in [0.1, 0.15) is 53.4 Å². The van der Waals surface area contributed by atoms with E-state index in [9.17, 15) is 39.3 Å². The first-order valence-electron chi connectivity index (χ1n) is 12.4. The molecule has 1 unspecified atom stereocenters. The molecule has 1 saturated heterocycles. The lowest BCUT2D eigenvalue weighted by molar-refractivity contribution is -0.245. The number of nitrogens with one attached hydrogen (secondary N) is 1. The van der Waals surface area contributed by atoms with Gasteiger partial charge in [-0.25, -0.2) is 9.59 Å². The van der Waals surface area contributed by atoms with Crippen LogP contribution in [0, 0.1) is 0 Å². The van der Waals surface area contributed by atoms with E-state index in [1.165, 1.54) is 13.8 Å². The minimum atomic E-state index is -1.54. The Labute approximate surface area is 220 Å². The predicted octanol–water partition coefficient (Wildman–Crippen LogP) is -2.42. The largest absolute Gasteiger partial charge is 0.479 e. The standard InChI is InChI=1S/C23H40N4O11/c1-5-6-9-36-23(35)14(7-8-16(24)30)26-20(32)11(2)27(13(4)29)21-17(25)19(37-12(3)22(33)34)18(31)15(10-28)38-21/h11-12,14-15,17-19,21,28,31H,5-10,25H2,1-4H3,(H2,24,30)(H,26,32)(H,33,34)/t11-,12+,14+,15+,17+,18+,19+,21?/m0/s1. The van der Waals surface area contributed by atoms with Crippen LogP contribution in [0.5, 0.6) is 0 Å². The molecule has 1 aliphatic rings. The predicted molar refractivity (Wildman–Crippen MR) is 130 cm³/mol. The van der Waals surface area contributed by atoms with E-state index in [1.54, 1.807) is 0 Å². The summed E-state index contributed by atoms with van der Waals surface area (Å²) in [4.78, 5) is 61.8. The molecule has 0 aromatic carbocycles. The van der Waals surface area contributed by atoms with Crippen LogP contribution in [0.2, 0.25) is 0 Å². The van der Waals surface area contributed by atoms with Crippen molar-refractivity contribution in [3.05, 3.63) is 0 Å². The molecule has 8 N–H and O–H groups in total. The average molecular weight is 549 g/mol. The zero-order valence-corrected chi connectivity index (χ0v) is 22.1. The molecule has 1 rings (SSSR count). The van der Waals surface area contributed by atoms with Crippen LogP contribution in [0.3, 0.4) is 0 Å². The molecule has 0 radical (unpaired) electrons. The van der Waals surface area contributed by atoms with Gasteiger partial charge in [-0.15, -0.1) is 0 Å². The van der Waals surface area contributed by atoms with Gasteiger partial charge in [-0.3, -0.25) is 14.4 Å². The summed E-state index contributed by atoms with van der Waals surface area (Å²) in [5.74, 6) is -4.32. The zero-order valence-electron chi connectivity index (χ0n) is 22.1. The quantitative estimate of drug-likeness (QED) is 0.0925. The fourth-order valence-electron chi connectivity index (χ4n) is 3.86. The second-order valence-electron chi connectivity index (χ2n) is 9.09. The molecule has 3 amide bonds. The molecular formula is C23H40N4O11. The Morgan fingerprint density at radius 1 is 1.18 bits per heavy atom. The SMILES string of the molecule is CCCCOC(=O)[C@@H](CCC(N)=O)NC(=O)[C@H](C)N(C(C)=O)C1O[C@H](CO)[C@@H](O)[C@H](O[C@H](C)C(=O)O)[C@H]1N. The topological polar surface area (TPSA) is 241 Å². The number of hydrogen-bond acceptors (Lipinski definition) is 11. The molecular weight excluding hydrogens is 508 g/mol. The van der Waals surface area contributed by atoms with E-state index in [1.807, 2.05) is 6.92 Å². The molecule has 15 heteroatoms. The van der Waals surface area contributed by atoms with Gasteiger partial charge in [0.05, 0.1) is 19.3 Å². The number of carboxylic acids is 1. The van der Waals surface area contributed by atoms with E-state index in [4.69, 9.17) is 25.7 Å². The molecule has 1 heterocycles. The number of carbonyl (C=O) groups excluding carboxylic acids is 4. The number of nitrogens with two attached hydrogens (primary N) is 2. The molecule has 15 nitrogen and oxygen atoms in total. The van der Waals surface area contributed by atoms with Crippen molar-refractivity contribution in [3.8, 4) is 0 Å². The number of aliphatic hydroxyl groups excluding tert-OH is 2. The summed E-state index contributed by atoms with van der Waals surface area (Å²) < 4.78 is 16.2. The lowest BCUT2D eigenvalue weighted by Crippen LogP contribution is -2.70. The van der Waals surface area contributed by atoms with Crippen molar-refractivity contribution in [2.75, 3.05) is 13.2 Å². The molecule has 0 aromatic rings. The molecule has 38 heavy (non-hydrogen) atoms. The maximum absolute atomic E-state index is 13.2. The summed E-state index contributed by atoms with van der Waals surface area (Å²) >= 11 is 0. The third-order valence-corrected chi connectivity index (χ3v) is 6.09. The van der Waals surface area contributed by atoms with Gasteiger partial charge in [0.1, 0.15) is 30.4 Å². The Morgan fingerprint density at radius 3 is 2.32 bits per heavy atom. The second-order valence-corrected chi connectivity index (χ2v) is 9.09. The van der Waals surface area contributed by atoms with Gasteiger partial charge >= 0.3 is 11.9 Å². The number of ether oxygens (including phenoxy) is 3. The van der Waals surface area contributed by atoms with Gasteiger partial charge in [-0.05, 0) is 26.7 Å². The van der Waals surface area contributed by atoms with Gasteiger partial charge < -0.3 is 51.2 Å². The Balaban J connectivity index is 3.19.